The molecule has 0 bridgehead atoms. The standard InChI is InChI=1S/C19H30O9.C9H12O6.C8H16O3.CH4/c1-5-15(27-14(4)21)12-16(11-13(3)20)28-19(24)8-7-18(23)26-10-9-25-17(22)6-2;1-2-8(12)14-5-6-15-9(13)4-3-7(10)11;1-4-8(5-6(2)9)11-7(3)10;/h6,13,15-16,20H,2,5,7-12H2,1,3-4H3;2H,1,3-6H2,(H,10,11);6,8-9H,4-5H2,1-3H3;1H4. The normalized spacial score (nSPS) is 12.5. The first-order valence-electron chi connectivity index (χ1n) is 17.3. The molecule has 0 aliphatic heterocycles. The molecular weight excluding hydrogens is 732 g/mol. The third-order valence-corrected chi connectivity index (χ3v) is 6.20. The van der Waals surface area contributed by atoms with Crippen LogP contribution in [0.1, 0.15) is 107 Å². The molecule has 0 spiro atoms. The van der Waals surface area contributed by atoms with E-state index in [2.05, 4.69) is 27.4 Å². The van der Waals surface area contributed by atoms with Crippen LogP contribution in [0.4, 0.5) is 0 Å². The largest absolute Gasteiger partial charge is 0.481 e. The maximum Gasteiger partial charge on any atom is 0.330 e. The fourth-order valence-electron chi connectivity index (χ4n) is 3.83. The van der Waals surface area contributed by atoms with Gasteiger partial charge in [-0.2, -0.15) is 0 Å². The Morgan fingerprint density at radius 2 is 0.891 bits per heavy atom. The number of rotatable bonds is 25. The van der Waals surface area contributed by atoms with Gasteiger partial charge in [-0.15, -0.1) is 0 Å². The molecule has 0 amide bonds. The van der Waals surface area contributed by atoms with Crippen LogP contribution in [0, 0.1) is 0 Å². The summed E-state index contributed by atoms with van der Waals surface area (Å²) in [5.41, 5.74) is 0. The number of carbonyl (C=O) groups excluding carboxylic acids is 7. The molecule has 0 aromatic rings. The van der Waals surface area contributed by atoms with Crippen molar-refractivity contribution in [3.05, 3.63) is 25.3 Å². The zero-order valence-corrected chi connectivity index (χ0v) is 32.1. The predicted molar refractivity (Wildman–Crippen MR) is 196 cm³/mol. The highest BCUT2D eigenvalue weighted by molar-refractivity contribution is 5.81. The molecule has 0 aromatic heterocycles. The zero-order valence-electron chi connectivity index (χ0n) is 32.1. The summed E-state index contributed by atoms with van der Waals surface area (Å²) in [6.07, 6.45) is 1.05. The van der Waals surface area contributed by atoms with Crippen molar-refractivity contribution >= 4 is 47.8 Å². The number of carboxylic acids is 1. The lowest BCUT2D eigenvalue weighted by Crippen LogP contribution is -2.29. The summed E-state index contributed by atoms with van der Waals surface area (Å²) in [4.78, 5) is 87.4. The topological polar surface area (TPSA) is 262 Å². The Bertz CT molecular complexity index is 1160. The van der Waals surface area contributed by atoms with Crippen LogP contribution in [0.15, 0.2) is 25.3 Å². The van der Waals surface area contributed by atoms with Gasteiger partial charge in [0.1, 0.15) is 44.7 Å². The minimum atomic E-state index is -1.06. The first-order valence-corrected chi connectivity index (χ1v) is 17.3. The van der Waals surface area contributed by atoms with Crippen LogP contribution in [-0.2, 0) is 71.5 Å². The average Bonchev–Trinajstić information content (AvgIpc) is 3.08. The van der Waals surface area contributed by atoms with Crippen LogP contribution in [0.25, 0.3) is 0 Å². The highest BCUT2D eigenvalue weighted by Crippen LogP contribution is 2.16. The number of aliphatic carboxylic acids is 1. The Balaban J connectivity index is -0.000000402. The van der Waals surface area contributed by atoms with Crippen molar-refractivity contribution in [2.24, 2.45) is 0 Å². The van der Waals surface area contributed by atoms with Gasteiger partial charge in [0.2, 0.25) is 0 Å². The monoisotopic (exact) mass is 794 g/mol. The van der Waals surface area contributed by atoms with E-state index >= 15 is 0 Å². The van der Waals surface area contributed by atoms with Crippen LogP contribution in [-0.4, -0.2) is 120 Å². The summed E-state index contributed by atoms with van der Waals surface area (Å²) in [5.74, 6) is -4.90. The molecule has 0 aliphatic carbocycles. The van der Waals surface area contributed by atoms with Gasteiger partial charge >= 0.3 is 47.8 Å². The lowest BCUT2D eigenvalue weighted by molar-refractivity contribution is -0.158. The summed E-state index contributed by atoms with van der Waals surface area (Å²) in [5, 5.41) is 26.8. The van der Waals surface area contributed by atoms with Crippen molar-refractivity contribution in [1.82, 2.24) is 0 Å². The number of carboxylic acid groups (broad SMARTS) is 1. The molecule has 0 aromatic carbocycles. The number of aliphatic hydroxyl groups excluding tert-OH is 2. The van der Waals surface area contributed by atoms with E-state index in [0.29, 0.717) is 12.8 Å². The second-order valence-electron chi connectivity index (χ2n) is 11.4. The molecule has 0 heterocycles. The van der Waals surface area contributed by atoms with Gasteiger partial charge in [-0.25, -0.2) is 9.59 Å². The molecule has 18 heteroatoms. The van der Waals surface area contributed by atoms with Crippen molar-refractivity contribution in [3.63, 3.8) is 0 Å². The van der Waals surface area contributed by atoms with Gasteiger partial charge in [-0.1, -0.05) is 34.4 Å². The second-order valence-corrected chi connectivity index (χ2v) is 11.4. The highest BCUT2D eigenvalue weighted by Gasteiger charge is 2.23. The molecule has 0 saturated heterocycles. The predicted octanol–water partition coefficient (Wildman–Crippen LogP) is 3.31. The molecule has 0 saturated carbocycles. The molecule has 0 aliphatic rings. The third kappa shape index (κ3) is 41.8. The fourth-order valence-corrected chi connectivity index (χ4v) is 3.83. The van der Waals surface area contributed by atoms with E-state index in [0.717, 1.165) is 18.6 Å². The van der Waals surface area contributed by atoms with Crippen molar-refractivity contribution in [1.29, 1.82) is 0 Å². The smallest absolute Gasteiger partial charge is 0.330 e. The third-order valence-electron chi connectivity index (χ3n) is 6.20. The summed E-state index contributed by atoms with van der Waals surface area (Å²) < 4.78 is 33.9. The Morgan fingerprint density at radius 3 is 1.24 bits per heavy atom. The van der Waals surface area contributed by atoms with Gasteiger partial charge in [-0.05, 0) is 26.7 Å². The first-order chi connectivity index (χ1) is 25.3. The number of hydrogen-bond acceptors (Lipinski definition) is 17. The Labute approximate surface area is 323 Å². The molecule has 55 heavy (non-hydrogen) atoms. The molecule has 5 atom stereocenters. The molecule has 0 radical (unpaired) electrons. The zero-order chi connectivity index (χ0) is 42.1. The van der Waals surface area contributed by atoms with Crippen molar-refractivity contribution < 1.29 is 86.8 Å². The van der Waals surface area contributed by atoms with Gasteiger partial charge in [0.05, 0.1) is 37.9 Å². The van der Waals surface area contributed by atoms with Gasteiger partial charge < -0.3 is 48.5 Å². The minimum absolute atomic E-state index is 0. The SMILES string of the molecule is C.C=CC(=O)OCCOC(=O)CCC(=O)O.C=CC(=O)OCCOC(=O)CCC(=O)OC(CC(C)O)CC(CC)OC(C)=O.CCC(CC(C)O)OC(C)=O. The van der Waals surface area contributed by atoms with E-state index < -0.39 is 66.2 Å². The fraction of sp³-hybridized carbons (Fsp3) is 0.676. The van der Waals surface area contributed by atoms with Crippen LogP contribution < -0.4 is 0 Å². The van der Waals surface area contributed by atoms with Crippen molar-refractivity contribution in [3.8, 4) is 0 Å². The molecule has 18 nitrogen and oxygen atoms in total. The van der Waals surface area contributed by atoms with Gasteiger partial charge in [0, 0.05) is 45.3 Å². The molecule has 5 unspecified atom stereocenters. The van der Waals surface area contributed by atoms with E-state index in [9.17, 15) is 43.5 Å². The second kappa shape index (κ2) is 36.2. The highest BCUT2D eigenvalue weighted by atomic mass is 16.6. The van der Waals surface area contributed by atoms with Crippen molar-refractivity contribution in [2.45, 2.75) is 137 Å². The van der Waals surface area contributed by atoms with E-state index in [-0.39, 0.29) is 84.5 Å². The van der Waals surface area contributed by atoms with E-state index in [1.807, 2.05) is 13.8 Å². The summed E-state index contributed by atoms with van der Waals surface area (Å²) in [6, 6.07) is 0. The van der Waals surface area contributed by atoms with Crippen molar-refractivity contribution in [2.75, 3.05) is 26.4 Å². The van der Waals surface area contributed by atoms with Gasteiger partial charge in [0.25, 0.3) is 0 Å². The van der Waals surface area contributed by atoms with Crippen LogP contribution >= 0.6 is 0 Å². The molecule has 0 rings (SSSR count). The van der Waals surface area contributed by atoms with Gasteiger partial charge in [-0.3, -0.25) is 28.8 Å². The molecule has 0 fully saturated rings. The summed E-state index contributed by atoms with van der Waals surface area (Å²) >= 11 is 0. The number of ether oxygens (including phenoxy) is 7. The number of aliphatic hydroxyl groups is 2. The Hall–Kier alpha value is -4.84. The summed E-state index contributed by atoms with van der Waals surface area (Å²) in [7, 11) is 0. The molecule has 318 valence electrons. The Kier molecular flexibility index (Phi) is 37.4. The first kappa shape index (κ1) is 56.9. The van der Waals surface area contributed by atoms with E-state index in [1.165, 1.54) is 13.8 Å². The number of hydrogen-bond donors (Lipinski definition) is 3. The van der Waals surface area contributed by atoms with Crippen LogP contribution in [0.5, 0.6) is 0 Å². The number of esters is 7. The van der Waals surface area contributed by atoms with Gasteiger partial charge in [0.15, 0.2) is 0 Å². The van der Waals surface area contributed by atoms with E-state index in [4.69, 9.17) is 29.2 Å². The lowest BCUT2D eigenvalue weighted by atomic mass is 10.0. The number of carbonyl (C=O) groups is 8. The minimum Gasteiger partial charge on any atom is -0.481 e. The van der Waals surface area contributed by atoms with E-state index in [1.54, 1.807) is 13.8 Å². The Morgan fingerprint density at radius 1 is 0.545 bits per heavy atom. The molecule has 3 N–H and O–H groups in total. The summed E-state index contributed by atoms with van der Waals surface area (Å²) in [6.45, 7) is 15.7. The molecular formula is C37H62O18. The lowest BCUT2D eigenvalue weighted by Gasteiger charge is -2.24. The quantitative estimate of drug-likeness (QED) is 0.0518. The maximum atomic E-state index is 12.0. The van der Waals surface area contributed by atoms with Crippen LogP contribution in [0.3, 0.4) is 0 Å². The maximum absolute atomic E-state index is 12.0. The van der Waals surface area contributed by atoms with Crippen LogP contribution in [0.2, 0.25) is 0 Å². The average molecular weight is 795 g/mol.